The second kappa shape index (κ2) is 11.1. The molecule has 3 aromatic carbocycles. The Hall–Kier alpha value is -3.44. The van der Waals surface area contributed by atoms with Gasteiger partial charge in [0.25, 0.3) is 5.78 Å². The molecule has 0 aliphatic carbocycles. The van der Waals surface area contributed by atoms with E-state index >= 15 is 0 Å². The van der Waals surface area contributed by atoms with Gasteiger partial charge in [-0.25, -0.2) is 4.98 Å². The van der Waals surface area contributed by atoms with Crippen molar-refractivity contribution < 1.29 is 24.2 Å². The number of ether oxygens (including phenoxy) is 2. The molecule has 1 aliphatic heterocycles. The molecule has 1 unspecified atom stereocenters. The molecule has 0 radical (unpaired) electrons. The fourth-order valence-electron chi connectivity index (χ4n) is 4.34. The Bertz CT molecular complexity index is 1550. The van der Waals surface area contributed by atoms with E-state index in [1.165, 1.54) is 16.2 Å². The summed E-state index contributed by atoms with van der Waals surface area (Å²) < 4.78 is 13.0. The monoisotopic (exact) mass is 640 g/mol. The molecule has 1 N–H and O–H groups in total. The smallest absolute Gasteiger partial charge is 0.301 e. The molecule has 1 atom stereocenters. The number of hydrogen-bond donors (Lipinski definition) is 1. The number of aliphatic hydroxyl groups is 1. The first kappa shape index (κ1) is 26.2. The fraction of sp³-hybridized carbons (Fsp3) is 0.207. The third kappa shape index (κ3) is 5.00. The molecular formula is C29H25IN2O5S. The maximum absolute atomic E-state index is 13.5. The summed E-state index contributed by atoms with van der Waals surface area (Å²) in [6.45, 7) is 2.63. The first-order chi connectivity index (χ1) is 18.4. The van der Waals surface area contributed by atoms with Crippen LogP contribution in [0.5, 0.6) is 11.5 Å². The van der Waals surface area contributed by atoms with E-state index in [2.05, 4.69) is 34.5 Å². The van der Waals surface area contributed by atoms with Crippen LogP contribution in [0.3, 0.4) is 0 Å². The predicted octanol–water partition coefficient (Wildman–Crippen LogP) is 6.71. The Morgan fingerprint density at radius 2 is 1.87 bits per heavy atom. The summed E-state index contributed by atoms with van der Waals surface area (Å²) in [6, 6.07) is 19.1. The summed E-state index contributed by atoms with van der Waals surface area (Å²) in [6.07, 6.45) is 1.90. The van der Waals surface area contributed by atoms with Crippen molar-refractivity contribution in [1.29, 1.82) is 0 Å². The van der Waals surface area contributed by atoms with Crippen LogP contribution in [0.1, 0.15) is 36.9 Å². The van der Waals surface area contributed by atoms with E-state index in [0.717, 1.165) is 21.1 Å². The number of thiazole rings is 1. The van der Waals surface area contributed by atoms with E-state index in [9.17, 15) is 14.7 Å². The number of halogens is 1. The molecule has 1 fully saturated rings. The lowest BCUT2D eigenvalue weighted by atomic mass is 9.95. The third-order valence-corrected chi connectivity index (χ3v) is 8.03. The number of unbranched alkanes of at least 4 members (excludes halogenated alkanes) is 1. The van der Waals surface area contributed by atoms with Gasteiger partial charge in [0, 0.05) is 9.13 Å². The number of benzene rings is 3. The number of methoxy groups -OCH3 is 1. The molecule has 0 spiro atoms. The van der Waals surface area contributed by atoms with Gasteiger partial charge in [0.2, 0.25) is 0 Å². The summed E-state index contributed by atoms with van der Waals surface area (Å²) in [7, 11) is 1.59. The molecule has 4 aromatic rings. The van der Waals surface area contributed by atoms with Crippen molar-refractivity contribution in [3.05, 3.63) is 87.0 Å². The zero-order valence-electron chi connectivity index (χ0n) is 20.8. The minimum atomic E-state index is -0.848. The largest absolute Gasteiger partial charge is 0.507 e. The summed E-state index contributed by atoms with van der Waals surface area (Å²) >= 11 is 3.49. The molecule has 0 saturated carbocycles. The number of carbonyl (C=O) groups is 2. The SMILES string of the molecule is CCCCOc1cccc(/C(O)=C2\C(=O)C(=O)N(c3nc4ccc(OC)cc4s3)C2c2ccc(I)cc2)c1. The van der Waals surface area contributed by atoms with Crippen LogP contribution in [0.25, 0.3) is 16.0 Å². The van der Waals surface area contributed by atoms with Crippen molar-refractivity contribution in [2.75, 3.05) is 18.6 Å². The van der Waals surface area contributed by atoms with Crippen molar-refractivity contribution in [3.8, 4) is 11.5 Å². The Kier molecular flexibility index (Phi) is 7.66. The van der Waals surface area contributed by atoms with Gasteiger partial charge in [-0.05, 0) is 77.0 Å². The number of ketones is 1. The summed E-state index contributed by atoms with van der Waals surface area (Å²) in [5, 5.41) is 11.8. The second-order valence-corrected chi connectivity index (χ2v) is 11.0. The lowest BCUT2D eigenvalue weighted by Gasteiger charge is -2.23. The van der Waals surface area contributed by atoms with Crippen molar-refractivity contribution in [2.45, 2.75) is 25.8 Å². The van der Waals surface area contributed by atoms with Gasteiger partial charge in [-0.3, -0.25) is 14.5 Å². The first-order valence-electron chi connectivity index (χ1n) is 12.2. The molecular weight excluding hydrogens is 615 g/mol. The Balaban J connectivity index is 1.64. The highest BCUT2D eigenvalue weighted by Crippen LogP contribution is 2.44. The van der Waals surface area contributed by atoms with Gasteiger partial charge >= 0.3 is 5.91 Å². The standard InChI is InChI=1S/C29H25IN2O5S/c1-3-4-14-37-21-7-5-6-18(15-21)26(33)24-25(17-8-10-19(30)11-9-17)32(28(35)27(24)34)29-31-22-13-12-20(36-2)16-23(22)38-29/h5-13,15-16,25,33H,3-4,14H2,1-2H3/b26-24+. The van der Waals surface area contributed by atoms with Crippen molar-refractivity contribution in [1.82, 2.24) is 4.98 Å². The maximum atomic E-state index is 13.5. The van der Waals surface area contributed by atoms with Crippen molar-refractivity contribution in [3.63, 3.8) is 0 Å². The zero-order chi connectivity index (χ0) is 26.8. The third-order valence-electron chi connectivity index (χ3n) is 6.29. The molecule has 9 heteroatoms. The highest BCUT2D eigenvalue weighted by Gasteiger charge is 2.48. The lowest BCUT2D eigenvalue weighted by Crippen LogP contribution is -2.29. The van der Waals surface area contributed by atoms with Crippen LogP contribution in [0, 0.1) is 3.57 Å². The maximum Gasteiger partial charge on any atom is 0.301 e. The van der Waals surface area contributed by atoms with Crippen LogP contribution in [0.2, 0.25) is 0 Å². The van der Waals surface area contributed by atoms with E-state index in [-0.39, 0.29) is 11.3 Å². The number of amides is 1. The molecule has 38 heavy (non-hydrogen) atoms. The van der Waals surface area contributed by atoms with Gasteiger partial charge in [0.05, 0.1) is 35.5 Å². The number of hydrogen-bond acceptors (Lipinski definition) is 7. The van der Waals surface area contributed by atoms with Gasteiger partial charge in [-0.1, -0.05) is 48.9 Å². The quantitative estimate of drug-likeness (QED) is 0.0757. The van der Waals surface area contributed by atoms with Gasteiger partial charge in [-0.2, -0.15) is 0 Å². The van der Waals surface area contributed by atoms with Crippen molar-refractivity contribution >= 4 is 66.7 Å². The Labute approximate surface area is 237 Å². The van der Waals surface area contributed by atoms with E-state index < -0.39 is 17.7 Å². The molecule has 1 aliphatic rings. The van der Waals surface area contributed by atoms with Crippen LogP contribution in [0.4, 0.5) is 5.13 Å². The highest BCUT2D eigenvalue weighted by atomic mass is 127. The average Bonchev–Trinajstić information content (AvgIpc) is 3.46. The molecule has 2 heterocycles. The fourth-order valence-corrected chi connectivity index (χ4v) is 5.72. The van der Waals surface area contributed by atoms with Crippen LogP contribution >= 0.6 is 33.9 Å². The minimum Gasteiger partial charge on any atom is -0.507 e. The number of nitrogens with zero attached hydrogens (tertiary/aromatic N) is 2. The summed E-state index contributed by atoms with van der Waals surface area (Å²) in [4.78, 5) is 33.0. The minimum absolute atomic E-state index is 0.0127. The summed E-state index contributed by atoms with van der Waals surface area (Å²) in [5.74, 6) is -0.498. The van der Waals surface area contributed by atoms with Crippen LogP contribution in [-0.4, -0.2) is 35.5 Å². The zero-order valence-corrected chi connectivity index (χ0v) is 23.8. The number of aromatic nitrogens is 1. The molecule has 1 aromatic heterocycles. The van der Waals surface area contributed by atoms with E-state index in [1.807, 2.05) is 36.4 Å². The van der Waals surface area contributed by atoms with Gasteiger partial charge in [-0.15, -0.1) is 0 Å². The Morgan fingerprint density at radius 1 is 1.08 bits per heavy atom. The number of rotatable bonds is 8. The molecule has 1 saturated heterocycles. The predicted molar refractivity (Wildman–Crippen MR) is 157 cm³/mol. The number of carbonyl (C=O) groups excluding carboxylic acids is 2. The number of anilines is 1. The van der Waals surface area contributed by atoms with E-state index in [1.54, 1.807) is 37.4 Å². The van der Waals surface area contributed by atoms with E-state index in [0.29, 0.717) is 39.9 Å². The van der Waals surface area contributed by atoms with Crippen LogP contribution in [0.15, 0.2) is 72.3 Å². The van der Waals surface area contributed by atoms with E-state index in [4.69, 9.17) is 9.47 Å². The number of Topliss-reactive ketones (excluding diaryl/α,β-unsaturated/α-hetero) is 1. The number of fused-ring (bicyclic) bond motifs is 1. The molecule has 194 valence electrons. The molecule has 1 amide bonds. The van der Waals surface area contributed by atoms with Crippen LogP contribution < -0.4 is 14.4 Å². The molecule has 0 bridgehead atoms. The topological polar surface area (TPSA) is 89.0 Å². The average molecular weight is 640 g/mol. The van der Waals surface area contributed by atoms with Gasteiger partial charge in [0.1, 0.15) is 17.3 Å². The summed E-state index contributed by atoms with van der Waals surface area (Å²) in [5.41, 5.74) is 1.80. The molecule has 5 rings (SSSR count). The van der Waals surface area contributed by atoms with Gasteiger partial charge < -0.3 is 14.6 Å². The Morgan fingerprint density at radius 3 is 2.61 bits per heavy atom. The second-order valence-electron chi connectivity index (χ2n) is 8.78. The molecule has 7 nitrogen and oxygen atoms in total. The number of aliphatic hydroxyl groups excluding tert-OH is 1. The highest BCUT2D eigenvalue weighted by molar-refractivity contribution is 14.1. The van der Waals surface area contributed by atoms with Crippen molar-refractivity contribution in [2.24, 2.45) is 0 Å². The van der Waals surface area contributed by atoms with Gasteiger partial charge in [0.15, 0.2) is 5.13 Å². The normalized spacial score (nSPS) is 16.8. The van der Waals surface area contributed by atoms with Crippen LogP contribution in [-0.2, 0) is 9.59 Å². The lowest BCUT2D eigenvalue weighted by molar-refractivity contribution is -0.132. The first-order valence-corrected chi connectivity index (χ1v) is 14.0.